The van der Waals surface area contributed by atoms with E-state index in [0.29, 0.717) is 23.7 Å². The SMILES string of the molecule is CC(C)CCOc1ccc(C(=O)N/N=C/c2ccc(O)c(O)c2)cc1. The molecule has 0 aliphatic heterocycles. The van der Waals surface area contributed by atoms with Gasteiger partial charge in [0.25, 0.3) is 5.91 Å². The standard InChI is InChI=1S/C19H22N2O4/c1-13(2)9-10-25-16-6-4-15(5-7-16)19(24)21-20-12-14-3-8-17(22)18(23)11-14/h3-8,11-13,22-23H,9-10H2,1-2H3,(H,21,24)/b20-12+. The van der Waals surface area contributed by atoms with Crippen molar-refractivity contribution in [3.63, 3.8) is 0 Å². The van der Waals surface area contributed by atoms with Gasteiger partial charge in [-0.3, -0.25) is 4.79 Å². The smallest absolute Gasteiger partial charge is 0.271 e. The lowest BCUT2D eigenvalue weighted by molar-refractivity contribution is 0.0955. The summed E-state index contributed by atoms with van der Waals surface area (Å²) >= 11 is 0. The lowest BCUT2D eigenvalue weighted by Gasteiger charge is -2.08. The van der Waals surface area contributed by atoms with Gasteiger partial charge in [0.05, 0.1) is 12.8 Å². The molecule has 0 unspecified atom stereocenters. The number of benzene rings is 2. The number of ether oxygens (including phenoxy) is 1. The third-order valence-corrected chi connectivity index (χ3v) is 3.46. The third-order valence-electron chi connectivity index (χ3n) is 3.46. The van der Waals surface area contributed by atoms with Crippen LogP contribution < -0.4 is 10.2 Å². The van der Waals surface area contributed by atoms with Gasteiger partial charge < -0.3 is 14.9 Å². The van der Waals surface area contributed by atoms with Crippen molar-refractivity contribution in [3.8, 4) is 17.2 Å². The first-order valence-electron chi connectivity index (χ1n) is 8.04. The Morgan fingerprint density at radius 2 is 1.88 bits per heavy atom. The topological polar surface area (TPSA) is 91.2 Å². The molecule has 0 spiro atoms. The van der Waals surface area contributed by atoms with Crippen LogP contribution in [0.3, 0.4) is 0 Å². The van der Waals surface area contributed by atoms with Gasteiger partial charge in [-0.05, 0) is 60.4 Å². The van der Waals surface area contributed by atoms with Crippen LogP contribution in [0.1, 0.15) is 36.2 Å². The molecule has 0 heterocycles. The summed E-state index contributed by atoms with van der Waals surface area (Å²) in [6.07, 6.45) is 2.35. The predicted octanol–water partition coefficient (Wildman–Crippen LogP) is 3.29. The minimum absolute atomic E-state index is 0.211. The summed E-state index contributed by atoms with van der Waals surface area (Å²) in [5.74, 6) is 0.492. The molecule has 2 rings (SSSR count). The second-order valence-corrected chi connectivity index (χ2v) is 6.00. The van der Waals surface area contributed by atoms with Crippen molar-refractivity contribution in [1.29, 1.82) is 0 Å². The molecule has 2 aromatic rings. The summed E-state index contributed by atoms with van der Waals surface area (Å²) in [4.78, 5) is 12.0. The average Bonchev–Trinajstić information content (AvgIpc) is 2.58. The molecular weight excluding hydrogens is 320 g/mol. The zero-order chi connectivity index (χ0) is 18.2. The van der Waals surface area contributed by atoms with Gasteiger partial charge >= 0.3 is 0 Å². The maximum atomic E-state index is 12.0. The molecule has 0 radical (unpaired) electrons. The molecule has 0 bridgehead atoms. The van der Waals surface area contributed by atoms with E-state index in [1.807, 2.05) is 0 Å². The van der Waals surface area contributed by atoms with E-state index in [1.165, 1.54) is 18.3 Å². The van der Waals surface area contributed by atoms with Crippen LogP contribution in [0.25, 0.3) is 0 Å². The van der Waals surface area contributed by atoms with Gasteiger partial charge in [0.1, 0.15) is 5.75 Å². The molecule has 0 aromatic heterocycles. The Morgan fingerprint density at radius 1 is 1.16 bits per heavy atom. The number of rotatable bonds is 7. The van der Waals surface area contributed by atoms with Crippen molar-refractivity contribution < 1.29 is 19.7 Å². The zero-order valence-electron chi connectivity index (χ0n) is 14.3. The van der Waals surface area contributed by atoms with Gasteiger partial charge in [0.2, 0.25) is 0 Å². The predicted molar refractivity (Wildman–Crippen MR) is 96.2 cm³/mol. The lowest BCUT2D eigenvalue weighted by atomic mass is 10.1. The number of nitrogens with zero attached hydrogens (tertiary/aromatic N) is 1. The van der Waals surface area contributed by atoms with Crippen molar-refractivity contribution in [2.45, 2.75) is 20.3 Å². The van der Waals surface area contributed by atoms with Crippen molar-refractivity contribution in [1.82, 2.24) is 5.43 Å². The minimum atomic E-state index is -0.354. The van der Waals surface area contributed by atoms with Crippen molar-refractivity contribution >= 4 is 12.1 Å². The molecular formula is C19H22N2O4. The number of nitrogens with one attached hydrogen (secondary N) is 1. The van der Waals surface area contributed by atoms with Gasteiger partial charge in [0.15, 0.2) is 11.5 Å². The van der Waals surface area contributed by atoms with E-state index in [9.17, 15) is 15.0 Å². The quantitative estimate of drug-likeness (QED) is 0.409. The van der Waals surface area contributed by atoms with Crippen LogP contribution in [0.5, 0.6) is 17.2 Å². The summed E-state index contributed by atoms with van der Waals surface area (Å²) in [6.45, 7) is 4.92. The number of carbonyl (C=O) groups excluding carboxylic acids is 1. The van der Waals surface area contributed by atoms with Gasteiger partial charge in [-0.2, -0.15) is 5.10 Å². The Kier molecular flexibility index (Phi) is 6.39. The third kappa shape index (κ3) is 5.84. The first-order chi connectivity index (χ1) is 12.0. The number of phenolic OH excluding ortho intramolecular Hbond substituents is 2. The summed E-state index contributed by atoms with van der Waals surface area (Å²) in [6, 6.07) is 11.1. The highest BCUT2D eigenvalue weighted by atomic mass is 16.5. The molecule has 0 aliphatic carbocycles. The first-order valence-corrected chi connectivity index (χ1v) is 8.04. The molecule has 6 nitrogen and oxygen atoms in total. The zero-order valence-corrected chi connectivity index (χ0v) is 14.3. The lowest BCUT2D eigenvalue weighted by Crippen LogP contribution is -2.17. The highest BCUT2D eigenvalue weighted by Crippen LogP contribution is 2.23. The van der Waals surface area contributed by atoms with Crippen LogP contribution in [-0.4, -0.2) is 28.9 Å². The normalized spacial score (nSPS) is 11.0. The van der Waals surface area contributed by atoms with E-state index in [0.717, 1.165) is 12.2 Å². The van der Waals surface area contributed by atoms with E-state index >= 15 is 0 Å². The van der Waals surface area contributed by atoms with Gasteiger partial charge in [-0.1, -0.05) is 13.8 Å². The molecule has 0 aliphatic rings. The van der Waals surface area contributed by atoms with Gasteiger partial charge in [-0.25, -0.2) is 5.43 Å². The molecule has 0 saturated carbocycles. The number of aromatic hydroxyl groups is 2. The Labute approximate surface area is 146 Å². The Balaban J connectivity index is 1.87. The molecule has 132 valence electrons. The van der Waals surface area contributed by atoms with Crippen molar-refractivity contribution in [2.24, 2.45) is 11.0 Å². The number of phenols is 2. The summed E-state index contributed by atoms with van der Waals surface area (Å²) in [5, 5.41) is 22.5. The van der Waals surface area contributed by atoms with Crippen LogP contribution in [0.15, 0.2) is 47.6 Å². The number of hydrogen-bond acceptors (Lipinski definition) is 5. The highest BCUT2D eigenvalue weighted by Gasteiger charge is 2.05. The van der Waals surface area contributed by atoms with Crippen LogP contribution in [0.2, 0.25) is 0 Å². The number of hydrazone groups is 1. The number of carbonyl (C=O) groups is 1. The molecule has 6 heteroatoms. The van der Waals surface area contributed by atoms with E-state index < -0.39 is 0 Å². The molecule has 2 aromatic carbocycles. The van der Waals surface area contributed by atoms with E-state index in [2.05, 4.69) is 24.4 Å². The fourth-order valence-electron chi connectivity index (χ4n) is 1.97. The summed E-state index contributed by atoms with van der Waals surface area (Å²) < 4.78 is 5.61. The maximum Gasteiger partial charge on any atom is 0.271 e. The van der Waals surface area contributed by atoms with E-state index in [-0.39, 0.29) is 17.4 Å². The van der Waals surface area contributed by atoms with Crippen molar-refractivity contribution in [2.75, 3.05) is 6.61 Å². The summed E-state index contributed by atoms with van der Waals surface area (Å²) in [5.41, 5.74) is 3.41. The average molecular weight is 342 g/mol. The van der Waals surface area contributed by atoms with Crippen LogP contribution >= 0.6 is 0 Å². The molecule has 25 heavy (non-hydrogen) atoms. The fraction of sp³-hybridized carbons (Fsp3) is 0.263. The van der Waals surface area contributed by atoms with Crippen LogP contribution in [0.4, 0.5) is 0 Å². The van der Waals surface area contributed by atoms with E-state index in [4.69, 9.17) is 4.74 Å². The van der Waals surface area contributed by atoms with Gasteiger partial charge in [-0.15, -0.1) is 0 Å². The maximum absolute atomic E-state index is 12.0. The molecule has 0 fully saturated rings. The minimum Gasteiger partial charge on any atom is -0.504 e. The Morgan fingerprint density at radius 3 is 2.52 bits per heavy atom. The Hall–Kier alpha value is -3.02. The molecule has 3 N–H and O–H groups in total. The van der Waals surface area contributed by atoms with Crippen LogP contribution in [0, 0.1) is 5.92 Å². The Bertz CT molecular complexity index is 740. The second kappa shape index (κ2) is 8.73. The number of amides is 1. The summed E-state index contributed by atoms with van der Waals surface area (Å²) in [7, 11) is 0. The van der Waals surface area contributed by atoms with Gasteiger partial charge in [0, 0.05) is 5.56 Å². The molecule has 0 saturated heterocycles. The largest absolute Gasteiger partial charge is 0.504 e. The monoisotopic (exact) mass is 342 g/mol. The van der Waals surface area contributed by atoms with Crippen LogP contribution in [-0.2, 0) is 0 Å². The highest BCUT2D eigenvalue weighted by molar-refractivity contribution is 5.95. The fourth-order valence-corrected chi connectivity index (χ4v) is 1.97. The second-order valence-electron chi connectivity index (χ2n) is 6.00. The molecule has 1 amide bonds. The van der Waals surface area contributed by atoms with Crippen molar-refractivity contribution in [3.05, 3.63) is 53.6 Å². The first kappa shape index (κ1) is 18.3. The molecule has 0 atom stereocenters. The number of hydrogen-bond donors (Lipinski definition) is 3. The van der Waals surface area contributed by atoms with E-state index in [1.54, 1.807) is 30.3 Å².